The highest BCUT2D eigenvalue weighted by Crippen LogP contribution is 2.32. The highest BCUT2D eigenvalue weighted by molar-refractivity contribution is 5.83. The van der Waals surface area contributed by atoms with Gasteiger partial charge < -0.3 is 15.0 Å². The number of amides is 1. The number of nitrogens with one attached hydrogen (secondary N) is 1. The lowest BCUT2D eigenvalue weighted by Crippen LogP contribution is -2.45. The molecule has 12 heteroatoms. The van der Waals surface area contributed by atoms with Crippen LogP contribution in [0.15, 0.2) is 54.9 Å². The summed E-state index contributed by atoms with van der Waals surface area (Å²) in [4.78, 5) is 29.0. The monoisotopic (exact) mass is 538 g/mol. The lowest BCUT2D eigenvalue weighted by atomic mass is 9.99. The zero-order valence-corrected chi connectivity index (χ0v) is 20.7. The van der Waals surface area contributed by atoms with Gasteiger partial charge in [-0.1, -0.05) is 36.4 Å². The second kappa shape index (κ2) is 12.2. The Hall–Kier alpha value is -3.80. The zero-order valence-electron chi connectivity index (χ0n) is 20.7. The minimum Gasteiger partial charge on any atom is -0.475 e. The van der Waals surface area contributed by atoms with Gasteiger partial charge in [0.15, 0.2) is 11.6 Å². The third-order valence-electron chi connectivity index (χ3n) is 5.90. The van der Waals surface area contributed by atoms with Crippen molar-refractivity contribution in [1.82, 2.24) is 19.8 Å². The van der Waals surface area contributed by atoms with Gasteiger partial charge in [-0.2, -0.15) is 13.2 Å². The SMILES string of the molecule is CC(C)n1cnc2c1C(C(=O)NCc1ccc(F)c(F)c1)N(Cc1ccccc1)CC2.O=C(O)C(F)(F)F. The molecule has 2 aromatic carbocycles. The van der Waals surface area contributed by atoms with Crippen molar-refractivity contribution in [3.05, 3.63) is 89.0 Å². The first-order chi connectivity index (χ1) is 17.9. The second-order valence-corrected chi connectivity index (χ2v) is 8.96. The van der Waals surface area contributed by atoms with Gasteiger partial charge in [-0.25, -0.2) is 18.6 Å². The lowest BCUT2D eigenvalue weighted by Gasteiger charge is -2.36. The van der Waals surface area contributed by atoms with E-state index < -0.39 is 29.8 Å². The van der Waals surface area contributed by atoms with Gasteiger partial charge in [0.2, 0.25) is 5.91 Å². The summed E-state index contributed by atoms with van der Waals surface area (Å²) < 4.78 is 60.6. The molecule has 1 atom stereocenters. The zero-order chi connectivity index (χ0) is 28.0. The van der Waals surface area contributed by atoms with E-state index in [4.69, 9.17) is 9.90 Å². The van der Waals surface area contributed by atoms with Crippen LogP contribution < -0.4 is 5.32 Å². The molecule has 1 aliphatic heterocycles. The van der Waals surface area contributed by atoms with E-state index in [9.17, 15) is 26.7 Å². The molecule has 0 saturated carbocycles. The van der Waals surface area contributed by atoms with E-state index in [1.807, 2.05) is 34.9 Å². The highest BCUT2D eigenvalue weighted by Gasteiger charge is 2.38. The van der Waals surface area contributed by atoms with Crippen LogP contribution in [0.3, 0.4) is 0 Å². The number of alkyl halides is 3. The van der Waals surface area contributed by atoms with Crippen molar-refractivity contribution in [3.63, 3.8) is 0 Å². The van der Waals surface area contributed by atoms with Crippen molar-refractivity contribution < 1.29 is 36.6 Å². The Morgan fingerprint density at radius 1 is 1.08 bits per heavy atom. The summed E-state index contributed by atoms with van der Waals surface area (Å²) in [6.07, 6.45) is -2.51. The normalized spacial score (nSPS) is 15.4. The Kier molecular flexibility index (Phi) is 9.21. The first kappa shape index (κ1) is 28.8. The molecule has 204 valence electrons. The second-order valence-electron chi connectivity index (χ2n) is 8.96. The summed E-state index contributed by atoms with van der Waals surface area (Å²) in [5.41, 5.74) is 3.47. The van der Waals surface area contributed by atoms with E-state index >= 15 is 0 Å². The summed E-state index contributed by atoms with van der Waals surface area (Å²) in [6.45, 7) is 5.59. The van der Waals surface area contributed by atoms with E-state index in [1.165, 1.54) is 6.07 Å². The van der Waals surface area contributed by atoms with Crippen LogP contribution in [0.5, 0.6) is 0 Å². The van der Waals surface area contributed by atoms with Crippen LogP contribution in [0.2, 0.25) is 0 Å². The largest absolute Gasteiger partial charge is 0.490 e. The van der Waals surface area contributed by atoms with Crippen LogP contribution >= 0.6 is 0 Å². The number of carbonyl (C=O) groups excluding carboxylic acids is 1. The quantitative estimate of drug-likeness (QED) is 0.441. The van der Waals surface area contributed by atoms with Gasteiger partial charge in [0.05, 0.1) is 17.7 Å². The number of benzene rings is 2. The van der Waals surface area contributed by atoms with E-state index in [1.54, 1.807) is 6.33 Å². The summed E-state index contributed by atoms with van der Waals surface area (Å²) in [6, 6.07) is 13.4. The molecule has 0 spiro atoms. The molecule has 4 rings (SSSR count). The summed E-state index contributed by atoms with van der Waals surface area (Å²) in [7, 11) is 0. The predicted octanol–water partition coefficient (Wildman–Crippen LogP) is 4.79. The van der Waals surface area contributed by atoms with Crippen LogP contribution in [0.25, 0.3) is 0 Å². The topological polar surface area (TPSA) is 87.5 Å². The van der Waals surface area contributed by atoms with Crippen molar-refractivity contribution in [2.45, 2.75) is 51.6 Å². The number of imidazole rings is 1. The van der Waals surface area contributed by atoms with E-state index in [0.717, 1.165) is 35.5 Å². The lowest BCUT2D eigenvalue weighted by molar-refractivity contribution is -0.192. The number of halogens is 5. The number of carboxylic acids is 1. The van der Waals surface area contributed by atoms with Gasteiger partial charge in [0.25, 0.3) is 0 Å². The van der Waals surface area contributed by atoms with Crippen LogP contribution in [0.4, 0.5) is 22.0 Å². The molecular weight excluding hydrogens is 511 g/mol. The van der Waals surface area contributed by atoms with Gasteiger partial charge in [0.1, 0.15) is 6.04 Å². The average Bonchev–Trinajstić information content (AvgIpc) is 3.29. The summed E-state index contributed by atoms with van der Waals surface area (Å²) >= 11 is 0. The molecule has 1 unspecified atom stereocenters. The predicted molar refractivity (Wildman–Crippen MR) is 128 cm³/mol. The molecule has 38 heavy (non-hydrogen) atoms. The van der Waals surface area contributed by atoms with Gasteiger partial charge >= 0.3 is 12.1 Å². The van der Waals surface area contributed by atoms with Crippen molar-refractivity contribution >= 4 is 11.9 Å². The number of fused-ring (bicyclic) bond motifs is 1. The van der Waals surface area contributed by atoms with Gasteiger partial charge in [-0.15, -0.1) is 0 Å². The minimum atomic E-state index is -5.08. The van der Waals surface area contributed by atoms with Crippen molar-refractivity contribution in [2.75, 3.05) is 6.54 Å². The minimum absolute atomic E-state index is 0.122. The third kappa shape index (κ3) is 7.15. The molecule has 0 bridgehead atoms. The molecule has 7 nitrogen and oxygen atoms in total. The molecule has 1 aliphatic rings. The molecule has 0 radical (unpaired) electrons. The highest BCUT2D eigenvalue weighted by atomic mass is 19.4. The number of aromatic nitrogens is 2. The first-order valence-corrected chi connectivity index (χ1v) is 11.7. The third-order valence-corrected chi connectivity index (χ3v) is 5.90. The molecular formula is C26H27F5N4O3. The van der Waals surface area contributed by atoms with Crippen LogP contribution in [0.1, 0.15) is 48.4 Å². The fourth-order valence-electron chi connectivity index (χ4n) is 4.08. The molecule has 0 fully saturated rings. The van der Waals surface area contributed by atoms with E-state index in [2.05, 4.69) is 29.0 Å². The molecule has 0 aliphatic carbocycles. The van der Waals surface area contributed by atoms with E-state index in [0.29, 0.717) is 18.7 Å². The Balaban J connectivity index is 0.000000505. The smallest absolute Gasteiger partial charge is 0.475 e. The Bertz CT molecular complexity index is 1260. The maximum atomic E-state index is 13.6. The van der Waals surface area contributed by atoms with Crippen molar-refractivity contribution in [3.8, 4) is 0 Å². The van der Waals surface area contributed by atoms with Gasteiger partial charge in [-0.05, 0) is 37.1 Å². The van der Waals surface area contributed by atoms with Crippen LogP contribution in [0, 0.1) is 11.6 Å². The summed E-state index contributed by atoms with van der Waals surface area (Å²) in [5.74, 6) is -4.76. The standard InChI is InChI=1S/C24H26F2N4O.C2HF3O2/c1-16(2)30-15-28-21-10-11-29(14-17-6-4-3-5-7-17)23(22(21)30)24(31)27-13-18-8-9-19(25)20(26)12-18;3-2(4,5)1(6)7/h3-9,12,15-16,23H,10-11,13-14H2,1-2H3,(H,27,31);(H,6,7). The summed E-state index contributed by atoms with van der Waals surface area (Å²) in [5, 5.41) is 10.0. The van der Waals surface area contributed by atoms with Gasteiger partial charge in [-0.3, -0.25) is 9.69 Å². The molecule has 0 saturated heterocycles. The van der Waals surface area contributed by atoms with Crippen LogP contribution in [-0.2, 0) is 29.1 Å². The van der Waals surface area contributed by atoms with Crippen molar-refractivity contribution in [1.29, 1.82) is 0 Å². The van der Waals surface area contributed by atoms with Crippen molar-refractivity contribution in [2.24, 2.45) is 0 Å². The fourth-order valence-corrected chi connectivity index (χ4v) is 4.08. The molecule has 3 aromatic rings. The number of hydrogen-bond donors (Lipinski definition) is 2. The average molecular weight is 539 g/mol. The maximum Gasteiger partial charge on any atom is 0.490 e. The number of hydrogen-bond acceptors (Lipinski definition) is 4. The Morgan fingerprint density at radius 2 is 1.74 bits per heavy atom. The van der Waals surface area contributed by atoms with E-state index in [-0.39, 0.29) is 18.5 Å². The Labute approximate surface area is 215 Å². The molecule has 2 heterocycles. The maximum absolute atomic E-state index is 13.6. The van der Waals surface area contributed by atoms with Crippen LogP contribution in [-0.4, -0.2) is 44.2 Å². The number of rotatable bonds is 6. The number of carboxylic acid groups (broad SMARTS) is 1. The first-order valence-electron chi connectivity index (χ1n) is 11.7. The number of aliphatic carboxylic acids is 1. The number of nitrogens with zero attached hydrogens (tertiary/aromatic N) is 3. The number of carbonyl (C=O) groups is 2. The molecule has 1 aromatic heterocycles. The fraction of sp³-hybridized carbons (Fsp3) is 0.346. The van der Waals surface area contributed by atoms with Gasteiger partial charge in [0, 0.05) is 32.1 Å². The molecule has 2 N–H and O–H groups in total. The Morgan fingerprint density at radius 3 is 2.32 bits per heavy atom. The molecule has 1 amide bonds.